The molecule has 0 bridgehead atoms. The average Bonchev–Trinajstić information content (AvgIpc) is 2.99. The van der Waals surface area contributed by atoms with E-state index in [0.717, 1.165) is 14.9 Å². The molecule has 0 aliphatic heterocycles. The van der Waals surface area contributed by atoms with Crippen LogP contribution in [-0.4, -0.2) is 28.8 Å². The Morgan fingerprint density at radius 3 is 2.71 bits per heavy atom. The van der Waals surface area contributed by atoms with Gasteiger partial charge in [0.1, 0.15) is 11.6 Å². The van der Waals surface area contributed by atoms with Crippen LogP contribution in [0.15, 0.2) is 39.0 Å². The van der Waals surface area contributed by atoms with E-state index in [4.69, 9.17) is 4.74 Å². The van der Waals surface area contributed by atoms with Crippen LogP contribution < -0.4 is 5.32 Å². The summed E-state index contributed by atoms with van der Waals surface area (Å²) in [5.41, 5.74) is 2.47. The van der Waals surface area contributed by atoms with E-state index in [-0.39, 0.29) is 5.91 Å². The molecule has 0 saturated carbocycles. The largest absolute Gasteiger partial charge is 0.369 e. The third kappa shape index (κ3) is 4.80. The smallest absolute Gasteiger partial charge is 0.253 e. The fourth-order valence-corrected chi connectivity index (χ4v) is 3.17. The number of amides is 1. The molecule has 1 atom stereocenters. The van der Waals surface area contributed by atoms with Gasteiger partial charge in [0.15, 0.2) is 4.34 Å². The fraction of sp³-hybridized carbons (Fsp3) is 0.357. The van der Waals surface area contributed by atoms with Gasteiger partial charge in [-0.25, -0.2) is 0 Å². The zero-order valence-electron chi connectivity index (χ0n) is 11.9. The lowest BCUT2D eigenvalue weighted by atomic mass is 10.2. The summed E-state index contributed by atoms with van der Waals surface area (Å²) in [5.74, 6) is -0.108. The van der Waals surface area contributed by atoms with Crippen molar-refractivity contribution in [2.24, 2.45) is 0 Å². The molecule has 2 rings (SSSR count). The predicted octanol–water partition coefficient (Wildman–Crippen LogP) is 3.44. The average molecular weight is 323 g/mol. The number of benzene rings is 1. The molecule has 1 unspecified atom stereocenters. The van der Waals surface area contributed by atoms with Gasteiger partial charge in [-0.3, -0.25) is 4.79 Å². The Morgan fingerprint density at radius 1 is 1.38 bits per heavy atom. The summed E-state index contributed by atoms with van der Waals surface area (Å²) in [6.45, 7) is 4.35. The van der Waals surface area contributed by atoms with Crippen LogP contribution in [0.1, 0.15) is 20.3 Å². The highest BCUT2D eigenvalue weighted by atomic mass is 32.2. The Balaban J connectivity index is 1.94. The van der Waals surface area contributed by atoms with Gasteiger partial charge in [0.25, 0.3) is 5.91 Å². The standard InChI is InChI=1S/C14H17N3O2S2/c1-3-12(19-4-2)13(18)16-10-5-7-11(8-6-10)21-14-17-15-9-20-14/h5-9,12H,3-4H2,1-2H3,(H,16,18). The zero-order chi connectivity index (χ0) is 15.1. The number of rotatable bonds is 7. The second-order valence-corrected chi connectivity index (χ2v) is 6.33. The second-order valence-electron chi connectivity index (χ2n) is 4.17. The van der Waals surface area contributed by atoms with Gasteiger partial charge in [0.05, 0.1) is 0 Å². The summed E-state index contributed by atoms with van der Waals surface area (Å²) in [4.78, 5) is 13.1. The maximum atomic E-state index is 12.0. The molecule has 0 aliphatic rings. The van der Waals surface area contributed by atoms with Crippen molar-refractivity contribution in [1.29, 1.82) is 0 Å². The van der Waals surface area contributed by atoms with Crippen molar-refractivity contribution in [3.63, 3.8) is 0 Å². The molecule has 1 aromatic carbocycles. The van der Waals surface area contributed by atoms with E-state index < -0.39 is 6.10 Å². The third-order valence-corrected chi connectivity index (χ3v) is 4.48. The van der Waals surface area contributed by atoms with Gasteiger partial charge in [-0.1, -0.05) is 30.0 Å². The lowest BCUT2D eigenvalue weighted by Gasteiger charge is -2.14. The minimum absolute atomic E-state index is 0.108. The third-order valence-electron chi connectivity index (χ3n) is 2.70. The highest BCUT2D eigenvalue weighted by molar-refractivity contribution is 8.01. The van der Waals surface area contributed by atoms with Crippen molar-refractivity contribution in [3.05, 3.63) is 29.8 Å². The lowest BCUT2D eigenvalue weighted by molar-refractivity contribution is -0.127. The van der Waals surface area contributed by atoms with E-state index in [1.165, 1.54) is 11.3 Å². The van der Waals surface area contributed by atoms with Gasteiger partial charge in [0, 0.05) is 17.2 Å². The second kappa shape index (κ2) is 8.11. The van der Waals surface area contributed by atoms with Gasteiger partial charge in [-0.05, 0) is 37.6 Å². The summed E-state index contributed by atoms with van der Waals surface area (Å²) in [7, 11) is 0. The molecule has 112 valence electrons. The molecular formula is C14H17N3O2S2. The van der Waals surface area contributed by atoms with Gasteiger partial charge in [-0.2, -0.15) is 0 Å². The topological polar surface area (TPSA) is 64.1 Å². The van der Waals surface area contributed by atoms with E-state index in [2.05, 4.69) is 15.5 Å². The van der Waals surface area contributed by atoms with Crippen molar-refractivity contribution in [1.82, 2.24) is 10.2 Å². The van der Waals surface area contributed by atoms with Crippen LogP contribution in [0.2, 0.25) is 0 Å². The first-order valence-electron chi connectivity index (χ1n) is 6.69. The van der Waals surface area contributed by atoms with Crippen LogP contribution in [0.25, 0.3) is 0 Å². The summed E-state index contributed by atoms with van der Waals surface area (Å²) < 4.78 is 6.29. The lowest BCUT2D eigenvalue weighted by Crippen LogP contribution is -2.29. The molecule has 7 heteroatoms. The van der Waals surface area contributed by atoms with Crippen LogP contribution in [0.5, 0.6) is 0 Å². The number of ether oxygens (including phenoxy) is 1. The predicted molar refractivity (Wildman–Crippen MR) is 84.8 cm³/mol. The number of carbonyl (C=O) groups excluding carboxylic acids is 1. The summed E-state index contributed by atoms with van der Waals surface area (Å²) in [6.07, 6.45) is 0.260. The first-order valence-corrected chi connectivity index (χ1v) is 8.39. The molecule has 21 heavy (non-hydrogen) atoms. The summed E-state index contributed by atoms with van der Waals surface area (Å²) in [5, 5.41) is 10.6. The van der Waals surface area contributed by atoms with Crippen molar-refractivity contribution in [3.8, 4) is 0 Å². The molecular weight excluding hydrogens is 306 g/mol. The number of hydrogen-bond donors (Lipinski definition) is 1. The van der Waals surface area contributed by atoms with Crippen LogP contribution in [0.4, 0.5) is 5.69 Å². The highest BCUT2D eigenvalue weighted by Gasteiger charge is 2.16. The summed E-state index contributed by atoms with van der Waals surface area (Å²) >= 11 is 3.05. The Morgan fingerprint density at radius 2 is 2.14 bits per heavy atom. The Bertz CT molecular complexity index is 558. The number of hydrogen-bond acceptors (Lipinski definition) is 6. The van der Waals surface area contributed by atoms with Crippen molar-refractivity contribution in [2.45, 2.75) is 35.6 Å². The number of carbonyl (C=O) groups is 1. The molecule has 2 aromatic rings. The monoisotopic (exact) mass is 323 g/mol. The van der Waals surface area contributed by atoms with E-state index >= 15 is 0 Å². The number of nitrogens with zero attached hydrogens (tertiary/aromatic N) is 2. The fourth-order valence-electron chi connectivity index (χ4n) is 1.72. The minimum atomic E-state index is -0.398. The Kier molecular flexibility index (Phi) is 6.16. The molecule has 5 nitrogen and oxygen atoms in total. The normalized spacial score (nSPS) is 12.1. The van der Waals surface area contributed by atoms with Crippen LogP contribution >= 0.6 is 23.1 Å². The van der Waals surface area contributed by atoms with E-state index in [9.17, 15) is 4.79 Å². The van der Waals surface area contributed by atoms with Crippen molar-refractivity contribution >= 4 is 34.7 Å². The highest BCUT2D eigenvalue weighted by Crippen LogP contribution is 2.29. The first-order chi connectivity index (χ1) is 10.2. The summed E-state index contributed by atoms with van der Waals surface area (Å²) in [6, 6.07) is 7.65. The maximum Gasteiger partial charge on any atom is 0.253 e. The van der Waals surface area contributed by atoms with E-state index in [0.29, 0.717) is 13.0 Å². The molecule has 0 spiro atoms. The van der Waals surface area contributed by atoms with Crippen molar-refractivity contribution < 1.29 is 9.53 Å². The number of aromatic nitrogens is 2. The molecule has 0 radical (unpaired) electrons. The van der Waals surface area contributed by atoms with Gasteiger partial charge < -0.3 is 10.1 Å². The van der Waals surface area contributed by atoms with Crippen molar-refractivity contribution in [2.75, 3.05) is 11.9 Å². The quantitative estimate of drug-likeness (QED) is 0.845. The van der Waals surface area contributed by atoms with Crippen LogP contribution in [-0.2, 0) is 9.53 Å². The first kappa shape index (κ1) is 15.9. The van der Waals surface area contributed by atoms with Crippen LogP contribution in [0, 0.1) is 0 Å². The Labute approximate surface area is 132 Å². The van der Waals surface area contributed by atoms with E-state index in [1.807, 2.05) is 38.1 Å². The van der Waals surface area contributed by atoms with Gasteiger partial charge in [0.2, 0.25) is 0 Å². The molecule has 1 heterocycles. The number of nitrogens with one attached hydrogen (secondary N) is 1. The SMILES string of the molecule is CCOC(CC)C(=O)Nc1ccc(Sc2nncs2)cc1. The van der Waals surface area contributed by atoms with Gasteiger partial charge >= 0.3 is 0 Å². The zero-order valence-corrected chi connectivity index (χ0v) is 13.5. The minimum Gasteiger partial charge on any atom is -0.369 e. The Hall–Kier alpha value is -1.44. The number of anilines is 1. The van der Waals surface area contributed by atoms with E-state index in [1.54, 1.807) is 17.3 Å². The van der Waals surface area contributed by atoms with Crippen LogP contribution in [0.3, 0.4) is 0 Å². The van der Waals surface area contributed by atoms with Gasteiger partial charge in [-0.15, -0.1) is 10.2 Å². The molecule has 1 aromatic heterocycles. The maximum absolute atomic E-state index is 12.0. The molecule has 0 saturated heterocycles. The molecule has 1 N–H and O–H groups in total. The molecule has 1 amide bonds. The molecule has 0 aliphatic carbocycles. The molecule has 0 fully saturated rings.